The summed E-state index contributed by atoms with van der Waals surface area (Å²) >= 11 is 1.63. The van der Waals surface area contributed by atoms with Crippen molar-refractivity contribution in [1.82, 2.24) is 0 Å². The Bertz CT molecular complexity index is 352. The maximum Gasteiger partial charge on any atom is 0.244 e. The number of hydrogen-bond acceptors (Lipinski definition) is 2. The molecule has 1 saturated heterocycles. The molecule has 14 heavy (non-hydrogen) atoms. The topological polar surface area (TPSA) is 20.3 Å². The quantitative estimate of drug-likeness (QED) is 0.693. The van der Waals surface area contributed by atoms with E-state index in [0.29, 0.717) is 0 Å². The second-order valence-corrected chi connectivity index (χ2v) is 4.97. The fourth-order valence-corrected chi connectivity index (χ4v) is 2.15. The van der Waals surface area contributed by atoms with Crippen molar-refractivity contribution in [3.05, 3.63) is 30.3 Å². The number of carbonyl (C=O) groups excluding carboxylic acids is 1. The van der Waals surface area contributed by atoms with Crippen molar-refractivity contribution in [1.29, 1.82) is 0 Å². The standard InChI is InChI=1S/C11H13NOS/c1-11(14-2)8-12(10(11)13)9-6-4-3-5-7-9/h3-7H,8H2,1-2H3. The molecule has 2 rings (SSSR count). The minimum absolute atomic E-state index is 0.199. The van der Waals surface area contributed by atoms with E-state index in [1.54, 1.807) is 11.8 Å². The van der Waals surface area contributed by atoms with Gasteiger partial charge in [0.05, 0.1) is 0 Å². The van der Waals surface area contributed by atoms with Crippen LogP contribution in [0, 0.1) is 0 Å². The van der Waals surface area contributed by atoms with Gasteiger partial charge in [-0.3, -0.25) is 4.79 Å². The molecule has 3 heteroatoms. The number of β-lactam (4-membered cyclic amide) rings is 1. The number of rotatable bonds is 2. The van der Waals surface area contributed by atoms with Gasteiger partial charge in [-0.05, 0) is 25.3 Å². The maximum atomic E-state index is 11.8. The van der Waals surface area contributed by atoms with E-state index in [9.17, 15) is 4.79 Å². The molecule has 2 nitrogen and oxygen atoms in total. The van der Waals surface area contributed by atoms with Crippen molar-refractivity contribution in [2.24, 2.45) is 0 Å². The van der Waals surface area contributed by atoms with Gasteiger partial charge < -0.3 is 4.90 Å². The third-order valence-electron chi connectivity index (χ3n) is 2.68. The number of thioether (sulfide) groups is 1. The average Bonchev–Trinajstić information content (AvgIpc) is 2.26. The van der Waals surface area contributed by atoms with Gasteiger partial charge in [-0.1, -0.05) is 18.2 Å². The zero-order valence-corrected chi connectivity index (χ0v) is 9.17. The van der Waals surface area contributed by atoms with Crippen molar-refractivity contribution in [2.45, 2.75) is 11.7 Å². The summed E-state index contributed by atoms with van der Waals surface area (Å²) < 4.78 is -0.199. The van der Waals surface area contributed by atoms with Gasteiger partial charge in [0.15, 0.2) is 0 Å². The third kappa shape index (κ3) is 1.32. The van der Waals surface area contributed by atoms with E-state index < -0.39 is 0 Å². The highest BCUT2D eigenvalue weighted by atomic mass is 32.2. The summed E-state index contributed by atoms with van der Waals surface area (Å²) in [5, 5.41) is 0. The first-order chi connectivity index (χ1) is 6.67. The predicted octanol–water partition coefficient (Wildman–Crippen LogP) is 2.15. The van der Waals surface area contributed by atoms with Crippen LogP contribution in [-0.2, 0) is 4.79 Å². The Morgan fingerprint density at radius 1 is 1.36 bits per heavy atom. The lowest BCUT2D eigenvalue weighted by Gasteiger charge is -2.45. The summed E-state index contributed by atoms with van der Waals surface area (Å²) in [6, 6.07) is 9.81. The summed E-state index contributed by atoms with van der Waals surface area (Å²) in [4.78, 5) is 13.6. The van der Waals surface area contributed by atoms with E-state index in [1.165, 1.54) is 0 Å². The van der Waals surface area contributed by atoms with Crippen LogP contribution in [0.3, 0.4) is 0 Å². The van der Waals surface area contributed by atoms with Gasteiger partial charge >= 0.3 is 0 Å². The summed E-state index contributed by atoms with van der Waals surface area (Å²) in [5.41, 5.74) is 1.00. The van der Waals surface area contributed by atoms with Gasteiger partial charge in [0.25, 0.3) is 0 Å². The summed E-state index contributed by atoms with van der Waals surface area (Å²) in [7, 11) is 0. The fourth-order valence-electron chi connectivity index (χ4n) is 1.60. The Morgan fingerprint density at radius 3 is 2.50 bits per heavy atom. The Morgan fingerprint density at radius 2 is 2.00 bits per heavy atom. The van der Waals surface area contributed by atoms with Crippen molar-refractivity contribution in [3.63, 3.8) is 0 Å². The molecule has 0 aromatic heterocycles. The highest BCUT2D eigenvalue weighted by Crippen LogP contribution is 2.37. The van der Waals surface area contributed by atoms with E-state index in [2.05, 4.69) is 0 Å². The van der Waals surface area contributed by atoms with E-state index in [1.807, 2.05) is 48.4 Å². The van der Waals surface area contributed by atoms with E-state index >= 15 is 0 Å². The van der Waals surface area contributed by atoms with Crippen molar-refractivity contribution < 1.29 is 4.79 Å². The van der Waals surface area contributed by atoms with E-state index in [4.69, 9.17) is 0 Å². The Hall–Kier alpha value is -0.960. The normalized spacial score (nSPS) is 26.1. The molecule has 0 spiro atoms. The zero-order valence-electron chi connectivity index (χ0n) is 8.36. The second kappa shape index (κ2) is 3.31. The molecular formula is C11H13NOS. The smallest absolute Gasteiger partial charge is 0.244 e. The van der Waals surface area contributed by atoms with Crippen LogP contribution >= 0.6 is 11.8 Å². The lowest BCUT2D eigenvalue weighted by atomic mass is 9.99. The van der Waals surface area contributed by atoms with Crippen molar-refractivity contribution in [3.8, 4) is 0 Å². The predicted molar refractivity (Wildman–Crippen MR) is 60.7 cm³/mol. The van der Waals surface area contributed by atoms with Gasteiger partial charge in [0, 0.05) is 12.2 Å². The Balaban J connectivity index is 2.16. The summed E-state index contributed by atoms with van der Waals surface area (Å²) in [5.74, 6) is 0.219. The molecule has 0 radical (unpaired) electrons. The molecule has 0 N–H and O–H groups in total. The van der Waals surface area contributed by atoms with Crippen molar-refractivity contribution >= 4 is 23.4 Å². The summed E-state index contributed by atoms with van der Waals surface area (Å²) in [6.07, 6.45) is 1.99. The molecule has 0 saturated carbocycles. The Labute approximate surface area is 88.3 Å². The van der Waals surface area contributed by atoms with Crippen LogP contribution in [0.25, 0.3) is 0 Å². The van der Waals surface area contributed by atoms with E-state index in [-0.39, 0.29) is 10.7 Å². The number of amides is 1. The first-order valence-electron chi connectivity index (χ1n) is 4.59. The van der Waals surface area contributed by atoms with E-state index in [0.717, 1.165) is 12.2 Å². The van der Waals surface area contributed by atoms with Crippen LogP contribution in [0.5, 0.6) is 0 Å². The minimum Gasteiger partial charge on any atom is -0.309 e. The first-order valence-corrected chi connectivity index (χ1v) is 5.82. The van der Waals surface area contributed by atoms with Crippen LogP contribution in [0.1, 0.15) is 6.92 Å². The number of benzene rings is 1. The molecule has 0 bridgehead atoms. The van der Waals surface area contributed by atoms with Crippen LogP contribution in [-0.4, -0.2) is 23.5 Å². The van der Waals surface area contributed by atoms with Crippen molar-refractivity contribution in [2.75, 3.05) is 17.7 Å². The van der Waals surface area contributed by atoms with Crippen LogP contribution in [0.15, 0.2) is 30.3 Å². The molecule has 1 fully saturated rings. The largest absolute Gasteiger partial charge is 0.309 e. The number of para-hydroxylation sites is 1. The number of carbonyl (C=O) groups is 1. The average molecular weight is 207 g/mol. The molecule has 0 aliphatic carbocycles. The molecule has 1 heterocycles. The molecule has 1 amide bonds. The lowest BCUT2D eigenvalue weighted by Crippen LogP contribution is -2.63. The minimum atomic E-state index is -0.199. The van der Waals surface area contributed by atoms with Crippen LogP contribution in [0.4, 0.5) is 5.69 Å². The highest BCUT2D eigenvalue weighted by molar-refractivity contribution is 8.00. The molecule has 1 aliphatic heterocycles. The maximum absolute atomic E-state index is 11.8. The van der Waals surface area contributed by atoms with Crippen LogP contribution < -0.4 is 4.90 Å². The molecular weight excluding hydrogens is 194 g/mol. The Kier molecular flexibility index (Phi) is 2.27. The number of hydrogen-bond donors (Lipinski definition) is 0. The highest BCUT2D eigenvalue weighted by Gasteiger charge is 2.48. The van der Waals surface area contributed by atoms with Gasteiger partial charge in [-0.25, -0.2) is 0 Å². The van der Waals surface area contributed by atoms with Crippen LogP contribution in [0.2, 0.25) is 0 Å². The first kappa shape index (κ1) is 9.59. The van der Waals surface area contributed by atoms with Gasteiger partial charge in [0.2, 0.25) is 5.91 Å². The molecule has 74 valence electrons. The summed E-state index contributed by atoms with van der Waals surface area (Å²) in [6.45, 7) is 2.82. The fraction of sp³-hybridized carbons (Fsp3) is 0.364. The van der Waals surface area contributed by atoms with Gasteiger partial charge in [-0.2, -0.15) is 0 Å². The third-order valence-corrected chi connectivity index (χ3v) is 3.88. The SMILES string of the molecule is CSC1(C)CN(c2ccccc2)C1=O. The molecule has 1 aromatic carbocycles. The zero-order chi connectivity index (χ0) is 10.2. The van der Waals surface area contributed by atoms with Gasteiger partial charge in [-0.15, -0.1) is 11.8 Å². The number of anilines is 1. The lowest BCUT2D eigenvalue weighted by molar-refractivity contribution is -0.124. The molecule has 1 aromatic rings. The molecule has 1 unspecified atom stereocenters. The molecule has 1 atom stereocenters. The second-order valence-electron chi connectivity index (χ2n) is 3.66. The van der Waals surface area contributed by atoms with Gasteiger partial charge in [0.1, 0.15) is 4.75 Å². The molecule has 1 aliphatic rings. The number of nitrogens with zero attached hydrogens (tertiary/aromatic N) is 1. The monoisotopic (exact) mass is 207 g/mol.